The van der Waals surface area contributed by atoms with E-state index in [4.69, 9.17) is 0 Å². The fraction of sp³-hybridized carbons (Fsp3) is 0.294. The smallest absolute Gasteiger partial charge is 0.250 e. The third kappa shape index (κ3) is 6.32. The van der Waals surface area contributed by atoms with Crippen molar-refractivity contribution in [2.24, 2.45) is 0 Å². The van der Waals surface area contributed by atoms with Crippen molar-refractivity contribution in [2.75, 3.05) is 24.2 Å². The molecule has 1 aromatic carbocycles. The normalized spacial score (nSPS) is 10.8. The van der Waals surface area contributed by atoms with Crippen molar-refractivity contribution in [1.82, 2.24) is 15.1 Å². The second-order valence-electron chi connectivity index (χ2n) is 4.96. The lowest BCUT2D eigenvalue weighted by atomic mass is 10.2. The van der Waals surface area contributed by atoms with Gasteiger partial charge in [-0.05, 0) is 25.5 Å². The molecule has 0 saturated carbocycles. The molecule has 0 atom stereocenters. The minimum absolute atomic E-state index is 0.0709. The number of carbonyl (C=O) groups is 2. The Bertz CT molecular complexity index is 727. The zero-order valence-corrected chi connectivity index (χ0v) is 15.8. The van der Waals surface area contributed by atoms with E-state index < -0.39 is 0 Å². The van der Waals surface area contributed by atoms with E-state index in [1.807, 2.05) is 44.2 Å². The molecule has 0 fully saturated rings. The largest absolute Gasteiger partial charge is 0.343 e. The van der Waals surface area contributed by atoms with Gasteiger partial charge in [0.1, 0.15) is 0 Å². The maximum atomic E-state index is 12.0. The van der Waals surface area contributed by atoms with Gasteiger partial charge < -0.3 is 4.90 Å². The molecular formula is C17H20N4O2S2. The van der Waals surface area contributed by atoms with Crippen LogP contribution in [0.4, 0.5) is 5.13 Å². The third-order valence-corrected chi connectivity index (χ3v) is 5.26. The molecule has 0 radical (unpaired) electrons. The SMILES string of the molecule is CCN(CC)C(=O)CSc1nnc(NC(=O)/C=C/c2ccccc2)s1. The quantitative estimate of drug-likeness (QED) is 0.435. The summed E-state index contributed by atoms with van der Waals surface area (Å²) in [5.41, 5.74) is 0.945. The number of anilines is 1. The lowest BCUT2D eigenvalue weighted by Crippen LogP contribution is -2.31. The molecule has 2 rings (SSSR count). The Morgan fingerprint density at radius 1 is 1.20 bits per heavy atom. The van der Waals surface area contributed by atoms with E-state index in [2.05, 4.69) is 15.5 Å². The van der Waals surface area contributed by atoms with Crippen LogP contribution < -0.4 is 5.32 Å². The maximum Gasteiger partial charge on any atom is 0.250 e. The molecule has 0 aliphatic heterocycles. The van der Waals surface area contributed by atoms with Gasteiger partial charge in [0.2, 0.25) is 16.9 Å². The predicted molar refractivity (Wildman–Crippen MR) is 103 cm³/mol. The molecular weight excluding hydrogens is 356 g/mol. The first kappa shape index (κ1) is 19.1. The highest BCUT2D eigenvalue weighted by atomic mass is 32.2. The van der Waals surface area contributed by atoms with Crippen molar-refractivity contribution >= 4 is 46.1 Å². The molecule has 0 bridgehead atoms. The number of carbonyl (C=O) groups excluding carboxylic acids is 2. The maximum absolute atomic E-state index is 12.0. The Labute approximate surface area is 155 Å². The fourth-order valence-electron chi connectivity index (χ4n) is 1.99. The monoisotopic (exact) mass is 376 g/mol. The molecule has 1 heterocycles. The summed E-state index contributed by atoms with van der Waals surface area (Å²) in [6, 6.07) is 9.56. The Hall–Kier alpha value is -2.19. The number of nitrogens with zero attached hydrogens (tertiary/aromatic N) is 3. The topological polar surface area (TPSA) is 75.2 Å². The van der Waals surface area contributed by atoms with Gasteiger partial charge in [0.05, 0.1) is 5.75 Å². The fourth-order valence-corrected chi connectivity index (χ4v) is 3.65. The Morgan fingerprint density at radius 3 is 2.60 bits per heavy atom. The van der Waals surface area contributed by atoms with E-state index in [-0.39, 0.29) is 11.8 Å². The van der Waals surface area contributed by atoms with Gasteiger partial charge in [0, 0.05) is 19.2 Å². The predicted octanol–water partition coefficient (Wildman–Crippen LogP) is 3.15. The molecule has 8 heteroatoms. The first-order chi connectivity index (χ1) is 12.1. The van der Waals surface area contributed by atoms with Gasteiger partial charge in [0.25, 0.3) is 0 Å². The van der Waals surface area contributed by atoms with Crippen molar-refractivity contribution in [3.05, 3.63) is 42.0 Å². The van der Waals surface area contributed by atoms with Crippen LogP contribution in [0.5, 0.6) is 0 Å². The van der Waals surface area contributed by atoms with Gasteiger partial charge in [-0.1, -0.05) is 53.4 Å². The van der Waals surface area contributed by atoms with E-state index in [9.17, 15) is 9.59 Å². The van der Waals surface area contributed by atoms with E-state index in [0.717, 1.165) is 5.56 Å². The molecule has 0 aliphatic carbocycles. The summed E-state index contributed by atoms with van der Waals surface area (Å²) in [4.78, 5) is 25.6. The first-order valence-corrected chi connectivity index (χ1v) is 9.70. The molecule has 6 nitrogen and oxygen atoms in total. The van der Waals surface area contributed by atoms with Gasteiger partial charge in [-0.25, -0.2) is 0 Å². The summed E-state index contributed by atoms with van der Waals surface area (Å²) in [5, 5.41) is 11.0. The van der Waals surface area contributed by atoms with Gasteiger partial charge in [-0.15, -0.1) is 10.2 Å². The molecule has 0 saturated heterocycles. The van der Waals surface area contributed by atoms with Crippen molar-refractivity contribution < 1.29 is 9.59 Å². The second-order valence-corrected chi connectivity index (χ2v) is 7.16. The molecule has 1 N–H and O–H groups in total. The number of benzene rings is 1. The molecule has 0 unspecified atom stereocenters. The number of amides is 2. The van der Waals surface area contributed by atoms with Crippen LogP contribution in [0.2, 0.25) is 0 Å². The van der Waals surface area contributed by atoms with Gasteiger partial charge >= 0.3 is 0 Å². The standard InChI is InChI=1S/C17H20N4O2S2/c1-3-21(4-2)15(23)12-24-17-20-19-16(25-17)18-14(22)11-10-13-8-6-5-7-9-13/h5-11H,3-4,12H2,1-2H3,(H,18,19,22)/b11-10+. The minimum Gasteiger partial charge on any atom is -0.343 e. The number of hydrogen-bond acceptors (Lipinski definition) is 6. The van der Waals surface area contributed by atoms with Gasteiger partial charge in [-0.3, -0.25) is 14.9 Å². The van der Waals surface area contributed by atoms with E-state index in [1.54, 1.807) is 11.0 Å². The van der Waals surface area contributed by atoms with Crippen LogP contribution in [-0.4, -0.2) is 45.8 Å². The van der Waals surface area contributed by atoms with Gasteiger partial charge in [-0.2, -0.15) is 0 Å². The zero-order valence-electron chi connectivity index (χ0n) is 14.1. The van der Waals surface area contributed by atoms with Crippen LogP contribution in [-0.2, 0) is 9.59 Å². The summed E-state index contributed by atoms with van der Waals surface area (Å²) in [6.07, 6.45) is 3.18. The van der Waals surface area contributed by atoms with E-state index >= 15 is 0 Å². The number of nitrogens with one attached hydrogen (secondary N) is 1. The highest BCUT2D eigenvalue weighted by Crippen LogP contribution is 2.25. The number of aromatic nitrogens is 2. The van der Waals surface area contributed by atoms with Crippen molar-refractivity contribution in [3.8, 4) is 0 Å². The minimum atomic E-state index is -0.268. The average Bonchev–Trinajstić information content (AvgIpc) is 3.07. The van der Waals surface area contributed by atoms with Crippen molar-refractivity contribution in [2.45, 2.75) is 18.2 Å². The van der Waals surface area contributed by atoms with Crippen LogP contribution in [0.3, 0.4) is 0 Å². The molecule has 2 aromatic rings. The van der Waals surface area contributed by atoms with Crippen molar-refractivity contribution in [3.63, 3.8) is 0 Å². The Balaban J connectivity index is 1.83. The highest BCUT2D eigenvalue weighted by Gasteiger charge is 2.12. The second kappa shape index (κ2) is 9.95. The number of hydrogen-bond donors (Lipinski definition) is 1. The van der Waals surface area contributed by atoms with Crippen LogP contribution >= 0.6 is 23.1 Å². The zero-order chi connectivity index (χ0) is 18.1. The third-order valence-electron chi connectivity index (χ3n) is 3.30. The first-order valence-electron chi connectivity index (χ1n) is 7.90. The summed E-state index contributed by atoms with van der Waals surface area (Å²) in [5.74, 6) is 0.121. The van der Waals surface area contributed by atoms with Crippen LogP contribution in [0, 0.1) is 0 Å². The van der Waals surface area contributed by atoms with E-state index in [1.165, 1.54) is 29.2 Å². The summed E-state index contributed by atoms with van der Waals surface area (Å²) in [6.45, 7) is 5.30. The molecule has 132 valence electrons. The van der Waals surface area contributed by atoms with Crippen molar-refractivity contribution in [1.29, 1.82) is 0 Å². The number of thioether (sulfide) groups is 1. The van der Waals surface area contributed by atoms with E-state index in [0.29, 0.717) is 28.3 Å². The average molecular weight is 377 g/mol. The Morgan fingerprint density at radius 2 is 1.92 bits per heavy atom. The highest BCUT2D eigenvalue weighted by molar-refractivity contribution is 8.01. The Kier molecular flexibility index (Phi) is 7.62. The van der Waals surface area contributed by atoms with Crippen LogP contribution in [0.15, 0.2) is 40.7 Å². The molecule has 0 spiro atoms. The molecule has 2 amide bonds. The lowest BCUT2D eigenvalue weighted by molar-refractivity contribution is -0.128. The molecule has 0 aliphatic rings. The summed E-state index contributed by atoms with van der Waals surface area (Å²) in [7, 11) is 0. The van der Waals surface area contributed by atoms with Crippen LogP contribution in [0.25, 0.3) is 6.08 Å². The summed E-state index contributed by atoms with van der Waals surface area (Å²) < 4.78 is 0.655. The van der Waals surface area contributed by atoms with Gasteiger partial charge in [0.15, 0.2) is 4.34 Å². The summed E-state index contributed by atoms with van der Waals surface area (Å²) >= 11 is 2.59. The lowest BCUT2D eigenvalue weighted by Gasteiger charge is -2.17. The molecule has 25 heavy (non-hydrogen) atoms. The number of rotatable bonds is 8. The molecule has 1 aromatic heterocycles. The van der Waals surface area contributed by atoms with Crippen LogP contribution in [0.1, 0.15) is 19.4 Å².